The normalized spacial score (nSPS) is 14.1. The molecule has 0 saturated carbocycles. The molecule has 0 aliphatic heterocycles. The molecule has 0 radical (unpaired) electrons. The van der Waals surface area contributed by atoms with Gasteiger partial charge in [-0.15, -0.1) is 0 Å². The first-order valence-corrected chi connectivity index (χ1v) is 12.3. The zero-order chi connectivity index (χ0) is 24.3. The van der Waals surface area contributed by atoms with E-state index >= 15 is 4.39 Å². The highest BCUT2D eigenvalue weighted by Gasteiger charge is 2.59. The minimum absolute atomic E-state index is 0.288. The van der Waals surface area contributed by atoms with Crippen LogP contribution in [0.1, 0.15) is 37.0 Å². The number of rotatable bonds is 7. The van der Waals surface area contributed by atoms with Crippen LogP contribution in [0.4, 0.5) is 13.2 Å². The molecule has 33 heavy (non-hydrogen) atoms. The summed E-state index contributed by atoms with van der Waals surface area (Å²) in [6, 6.07) is 21.4. The molecule has 1 heterocycles. The lowest BCUT2D eigenvalue weighted by Crippen LogP contribution is -2.69. The van der Waals surface area contributed by atoms with Gasteiger partial charge >= 0.3 is 18.2 Å². The van der Waals surface area contributed by atoms with E-state index < -0.39 is 37.3 Å². The van der Waals surface area contributed by atoms with E-state index in [4.69, 9.17) is 4.43 Å². The molecular formula is C25H26F3NO3Si. The maximum Gasteiger partial charge on any atom is 0.356 e. The van der Waals surface area contributed by atoms with Crippen LogP contribution >= 0.6 is 0 Å². The highest BCUT2D eigenvalue weighted by atomic mass is 28.4. The van der Waals surface area contributed by atoms with E-state index in [1.165, 1.54) is 12.1 Å². The van der Waals surface area contributed by atoms with Crippen molar-refractivity contribution in [3.05, 3.63) is 90.3 Å². The van der Waals surface area contributed by atoms with Crippen molar-refractivity contribution in [1.82, 2.24) is 4.98 Å². The number of esters is 1. The number of alkyl halides is 3. The second kappa shape index (κ2) is 9.49. The Hall–Kier alpha value is -2.97. The van der Waals surface area contributed by atoms with Gasteiger partial charge in [0.25, 0.3) is 8.32 Å². The molecule has 8 heteroatoms. The van der Waals surface area contributed by atoms with Crippen LogP contribution in [0.3, 0.4) is 0 Å². The van der Waals surface area contributed by atoms with Gasteiger partial charge in [-0.25, -0.2) is 18.6 Å². The molecule has 4 nitrogen and oxygen atoms in total. The maximum atomic E-state index is 16.4. The molecule has 0 aliphatic rings. The monoisotopic (exact) mass is 473 g/mol. The fourth-order valence-corrected chi connectivity index (χ4v) is 8.49. The van der Waals surface area contributed by atoms with Gasteiger partial charge in [0, 0.05) is 0 Å². The van der Waals surface area contributed by atoms with Crippen LogP contribution in [0.25, 0.3) is 0 Å². The van der Waals surface area contributed by atoms with Crippen LogP contribution in [-0.2, 0) is 15.0 Å². The first kappa shape index (κ1) is 24.7. The van der Waals surface area contributed by atoms with Gasteiger partial charge in [0.15, 0.2) is 0 Å². The predicted molar refractivity (Wildman–Crippen MR) is 123 cm³/mol. The topological polar surface area (TPSA) is 48.4 Å². The number of ether oxygens (including phenoxy) is 1. The minimum Gasteiger partial charge on any atom is -0.464 e. The number of methoxy groups -OCH3 is 1. The summed E-state index contributed by atoms with van der Waals surface area (Å²) in [5, 5.41) is 0.521. The molecule has 1 unspecified atom stereocenters. The van der Waals surface area contributed by atoms with E-state index in [1.807, 2.05) is 20.8 Å². The molecule has 0 aliphatic carbocycles. The Labute approximate surface area is 192 Å². The van der Waals surface area contributed by atoms with Gasteiger partial charge < -0.3 is 9.16 Å². The average molecular weight is 474 g/mol. The maximum absolute atomic E-state index is 16.4. The van der Waals surface area contributed by atoms with Gasteiger partial charge in [0.1, 0.15) is 11.4 Å². The largest absolute Gasteiger partial charge is 0.464 e. The molecule has 0 saturated heterocycles. The SMILES string of the molecule is COC(=O)c1cccc(C(F)(O[Si](c2ccccc2)(c2ccccc2)C(C)(C)C)C(F)F)n1. The lowest BCUT2D eigenvalue weighted by Gasteiger charge is -2.46. The number of nitrogens with zero attached hydrogens (tertiary/aromatic N) is 1. The van der Waals surface area contributed by atoms with Crippen LogP contribution in [0.15, 0.2) is 78.9 Å². The quantitative estimate of drug-likeness (QED) is 0.364. The third kappa shape index (κ3) is 4.58. The van der Waals surface area contributed by atoms with E-state index in [2.05, 4.69) is 9.72 Å². The third-order valence-corrected chi connectivity index (χ3v) is 10.5. The number of halogens is 3. The van der Waals surface area contributed by atoms with Crippen molar-refractivity contribution in [2.75, 3.05) is 7.11 Å². The predicted octanol–water partition coefficient (Wildman–Crippen LogP) is 4.83. The number of benzene rings is 2. The summed E-state index contributed by atoms with van der Waals surface area (Å²) in [6.07, 6.45) is -3.57. The number of carbonyl (C=O) groups is 1. The number of aromatic nitrogens is 1. The summed E-state index contributed by atoms with van der Waals surface area (Å²) >= 11 is 0. The average Bonchev–Trinajstić information content (AvgIpc) is 2.82. The zero-order valence-corrected chi connectivity index (χ0v) is 19.9. The zero-order valence-electron chi connectivity index (χ0n) is 18.9. The van der Waals surface area contributed by atoms with Gasteiger partial charge in [-0.1, -0.05) is 87.5 Å². The van der Waals surface area contributed by atoms with Gasteiger partial charge in [-0.3, -0.25) is 0 Å². The second-order valence-corrected chi connectivity index (χ2v) is 12.8. The van der Waals surface area contributed by atoms with E-state index in [0.29, 0.717) is 10.4 Å². The number of carbonyl (C=O) groups excluding carboxylic acids is 1. The molecule has 0 N–H and O–H groups in total. The van der Waals surface area contributed by atoms with E-state index in [9.17, 15) is 13.6 Å². The third-order valence-electron chi connectivity index (χ3n) is 5.49. The van der Waals surface area contributed by atoms with E-state index in [1.54, 1.807) is 60.7 Å². The van der Waals surface area contributed by atoms with Gasteiger partial charge in [-0.2, -0.15) is 4.39 Å². The summed E-state index contributed by atoms with van der Waals surface area (Å²) in [5.41, 5.74) is -0.975. The van der Waals surface area contributed by atoms with Crippen LogP contribution in [0.5, 0.6) is 0 Å². The van der Waals surface area contributed by atoms with E-state index in [0.717, 1.165) is 13.2 Å². The van der Waals surface area contributed by atoms with Crippen molar-refractivity contribution in [3.8, 4) is 0 Å². The standard InChI is InChI=1S/C25H26F3NO3Si/c1-24(2,3)33(18-12-7-5-8-13-18,19-14-9-6-10-15-19)32-25(28,23(26)27)21-17-11-16-20(29-21)22(30)31-4/h5-17,23H,1-4H3. The molecule has 0 spiro atoms. The summed E-state index contributed by atoms with van der Waals surface area (Å²) in [5.74, 6) is -4.44. The highest BCUT2D eigenvalue weighted by molar-refractivity contribution is 6.99. The molecule has 1 aromatic heterocycles. The molecule has 3 rings (SSSR count). The number of hydrogen-bond donors (Lipinski definition) is 0. The molecule has 3 aromatic rings. The molecule has 1 atom stereocenters. The Balaban J connectivity index is 2.30. The van der Waals surface area contributed by atoms with Crippen LogP contribution in [0, 0.1) is 0 Å². The number of hydrogen-bond acceptors (Lipinski definition) is 4. The molecule has 174 valence electrons. The summed E-state index contributed by atoms with van der Waals surface area (Å²) in [4.78, 5) is 15.8. The lowest BCUT2D eigenvalue weighted by molar-refractivity contribution is -0.183. The van der Waals surface area contributed by atoms with E-state index in [-0.39, 0.29) is 5.69 Å². The van der Waals surface area contributed by atoms with Crippen molar-refractivity contribution in [2.45, 2.75) is 38.1 Å². The molecular weight excluding hydrogens is 447 g/mol. The Morgan fingerprint density at radius 2 is 1.39 bits per heavy atom. The smallest absolute Gasteiger partial charge is 0.356 e. The van der Waals surface area contributed by atoms with Crippen molar-refractivity contribution in [1.29, 1.82) is 0 Å². The molecule has 0 bridgehead atoms. The van der Waals surface area contributed by atoms with Crippen LogP contribution < -0.4 is 10.4 Å². The number of pyridine rings is 1. The fourth-order valence-electron chi connectivity index (χ4n) is 3.92. The van der Waals surface area contributed by atoms with Crippen LogP contribution in [0.2, 0.25) is 5.04 Å². The van der Waals surface area contributed by atoms with Crippen molar-refractivity contribution in [2.24, 2.45) is 0 Å². The Morgan fingerprint density at radius 1 is 0.879 bits per heavy atom. The van der Waals surface area contributed by atoms with Crippen molar-refractivity contribution >= 4 is 24.7 Å². The van der Waals surface area contributed by atoms with Gasteiger partial charge in [0.2, 0.25) is 0 Å². The second-order valence-electron chi connectivity index (χ2n) is 8.61. The first-order chi connectivity index (χ1) is 15.6. The first-order valence-electron chi connectivity index (χ1n) is 10.4. The van der Waals surface area contributed by atoms with Gasteiger partial charge in [0.05, 0.1) is 7.11 Å². The summed E-state index contributed by atoms with van der Waals surface area (Å²) < 4.78 is 56.1. The van der Waals surface area contributed by atoms with Crippen molar-refractivity contribution in [3.63, 3.8) is 0 Å². The lowest BCUT2D eigenvalue weighted by atomic mass is 10.2. The Kier molecular flexibility index (Phi) is 7.09. The Morgan fingerprint density at radius 3 is 1.82 bits per heavy atom. The van der Waals surface area contributed by atoms with Crippen LogP contribution in [-0.4, -0.2) is 32.8 Å². The molecule has 2 aromatic carbocycles. The fraction of sp³-hybridized carbons (Fsp3) is 0.280. The van der Waals surface area contributed by atoms with Gasteiger partial charge in [-0.05, 0) is 27.5 Å². The summed E-state index contributed by atoms with van der Waals surface area (Å²) in [7, 11) is -2.56. The molecule has 0 fully saturated rings. The van der Waals surface area contributed by atoms with Crippen molar-refractivity contribution < 1.29 is 27.1 Å². The molecule has 0 amide bonds. The summed E-state index contributed by atoms with van der Waals surface area (Å²) in [6.45, 7) is 5.55. The Bertz CT molecular complexity index is 1050. The highest BCUT2D eigenvalue weighted by Crippen LogP contribution is 2.44. The minimum atomic E-state index is -3.69.